The van der Waals surface area contributed by atoms with Gasteiger partial charge in [-0.25, -0.2) is 4.98 Å². The highest BCUT2D eigenvalue weighted by Gasteiger charge is 2.27. The molecule has 0 radical (unpaired) electrons. The van der Waals surface area contributed by atoms with Gasteiger partial charge in [0.05, 0.1) is 6.04 Å². The van der Waals surface area contributed by atoms with E-state index in [-0.39, 0.29) is 0 Å². The number of nitrogens with two attached hydrogens (primary N) is 1. The molecule has 0 spiro atoms. The Balaban J connectivity index is 2.07. The standard InChI is InChI=1S/C11H19N3S/c1-9(11-13-5-7-15-11)14-6-3-2-4-10(14)8-12/h5,7,9-10H,2-4,6,8,12H2,1H3/t9-,10-/m1/s1. The second-order valence-electron chi connectivity index (χ2n) is 4.17. The molecule has 1 aromatic rings. The van der Waals surface area contributed by atoms with Crippen LogP contribution < -0.4 is 5.73 Å². The van der Waals surface area contributed by atoms with Crippen LogP contribution in [-0.2, 0) is 0 Å². The lowest BCUT2D eigenvalue weighted by Gasteiger charge is -2.38. The molecule has 1 aliphatic rings. The molecule has 0 aromatic carbocycles. The van der Waals surface area contributed by atoms with Crippen molar-refractivity contribution in [3.8, 4) is 0 Å². The molecule has 15 heavy (non-hydrogen) atoms. The Morgan fingerprint density at radius 1 is 1.67 bits per heavy atom. The molecule has 0 amide bonds. The van der Waals surface area contributed by atoms with Gasteiger partial charge in [0.25, 0.3) is 0 Å². The van der Waals surface area contributed by atoms with Crippen LogP contribution in [0.2, 0.25) is 0 Å². The zero-order chi connectivity index (χ0) is 10.7. The monoisotopic (exact) mass is 225 g/mol. The minimum atomic E-state index is 0.429. The molecule has 2 rings (SSSR count). The summed E-state index contributed by atoms with van der Waals surface area (Å²) in [6, 6.07) is 0.983. The first-order valence-electron chi connectivity index (χ1n) is 5.68. The van der Waals surface area contributed by atoms with Gasteiger partial charge in [-0.15, -0.1) is 11.3 Å². The van der Waals surface area contributed by atoms with E-state index in [1.807, 2.05) is 11.6 Å². The van der Waals surface area contributed by atoms with Gasteiger partial charge in [-0.05, 0) is 26.3 Å². The van der Waals surface area contributed by atoms with Crippen LogP contribution in [-0.4, -0.2) is 29.0 Å². The number of thiazole rings is 1. The fourth-order valence-electron chi connectivity index (χ4n) is 2.37. The molecular weight excluding hydrogens is 206 g/mol. The van der Waals surface area contributed by atoms with Gasteiger partial charge in [-0.1, -0.05) is 6.42 Å². The van der Waals surface area contributed by atoms with Crippen molar-refractivity contribution in [2.45, 2.75) is 38.3 Å². The lowest BCUT2D eigenvalue weighted by molar-refractivity contribution is 0.108. The maximum absolute atomic E-state index is 5.83. The number of hydrogen-bond acceptors (Lipinski definition) is 4. The molecule has 0 unspecified atom stereocenters. The third kappa shape index (κ3) is 2.38. The summed E-state index contributed by atoms with van der Waals surface area (Å²) in [4.78, 5) is 6.91. The van der Waals surface area contributed by atoms with Crippen LogP contribution in [0.5, 0.6) is 0 Å². The third-order valence-electron chi connectivity index (χ3n) is 3.25. The Kier molecular flexibility index (Phi) is 3.72. The first-order valence-corrected chi connectivity index (χ1v) is 6.56. The molecule has 2 heterocycles. The van der Waals surface area contributed by atoms with E-state index in [1.165, 1.54) is 30.8 Å². The predicted octanol–water partition coefficient (Wildman–Crippen LogP) is 2.02. The highest BCUT2D eigenvalue weighted by atomic mass is 32.1. The van der Waals surface area contributed by atoms with E-state index in [0.29, 0.717) is 12.1 Å². The van der Waals surface area contributed by atoms with E-state index in [1.54, 1.807) is 11.3 Å². The number of hydrogen-bond donors (Lipinski definition) is 1. The molecule has 2 atom stereocenters. The van der Waals surface area contributed by atoms with Gasteiger partial charge in [0.1, 0.15) is 5.01 Å². The Morgan fingerprint density at radius 2 is 2.53 bits per heavy atom. The van der Waals surface area contributed by atoms with Crippen molar-refractivity contribution < 1.29 is 0 Å². The van der Waals surface area contributed by atoms with Crippen LogP contribution in [0.25, 0.3) is 0 Å². The molecular formula is C11H19N3S. The zero-order valence-electron chi connectivity index (χ0n) is 9.22. The lowest BCUT2D eigenvalue weighted by atomic mass is 10.0. The average Bonchev–Trinajstić information content (AvgIpc) is 2.81. The molecule has 1 saturated heterocycles. The van der Waals surface area contributed by atoms with Crippen LogP contribution in [0.15, 0.2) is 11.6 Å². The maximum atomic E-state index is 5.83. The first-order chi connectivity index (χ1) is 7.33. The second kappa shape index (κ2) is 5.05. The van der Waals surface area contributed by atoms with Gasteiger partial charge in [-0.2, -0.15) is 0 Å². The summed E-state index contributed by atoms with van der Waals surface area (Å²) < 4.78 is 0. The summed E-state index contributed by atoms with van der Waals surface area (Å²) in [5.41, 5.74) is 5.83. The number of piperidine rings is 1. The van der Waals surface area contributed by atoms with E-state index >= 15 is 0 Å². The predicted molar refractivity (Wildman–Crippen MR) is 63.9 cm³/mol. The number of aromatic nitrogens is 1. The fourth-order valence-corrected chi connectivity index (χ4v) is 3.08. The van der Waals surface area contributed by atoms with E-state index in [0.717, 1.165) is 6.54 Å². The summed E-state index contributed by atoms with van der Waals surface area (Å²) >= 11 is 1.74. The van der Waals surface area contributed by atoms with Crippen molar-refractivity contribution in [1.82, 2.24) is 9.88 Å². The Hall–Kier alpha value is -0.450. The second-order valence-corrected chi connectivity index (χ2v) is 5.10. The summed E-state index contributed by atoms with van der Waals surface area (Å²) in [7, 11) is 0. The molecule has 1 aromatic heterocycles. The van der Waals surface area contributed by atoms with Crippen molar-refractivity contribution >= 4 is 11.3 Å². The molecule has 0 saturated carbocycles. The largest absolute Gasteiger partial charge is 0.329 e. The van der Waals surface area contributed by atoms with Crippen LogP contribution in [0.1, 0.15) is 37.2 Å². The van der Waals surface area contributed by atoms with Crippen LogP contribution in [0.4, 0.5) is 0 Å². The molecule has 1 fully saturated rings. The first kappa shape index (κ1) is 11.0. The highest BCUT2D eigenvalue weighted by molar-refractivity contribution is 7.09. The number of nitrogens with zero attached hydrogens (tertiary/aromatic N) is 2. The van der Waals surface area contributed by atoms with Crippen LogP contribution in [0.3, 0.4) is 0 Å². The summed E-state index contributed by atoms with van der Waals surface area (Å²) in [5, 5.41) is 3.27. The Morgan fingerprint density at radius 3 is 3.20 bits per heavy atom. The number of rotatable bonds is 3. The van der Waals surface area contributed by atoms with Crippen LogP contribution >= 0.6 is 11.3 Å². The SMILES string of the molecule is C[C@H](c1nccs1)N1CCCC[C@@H]1CN. The van der Waals surface area contributed by atoms with Crippen LogP contribution in [0, 0.1) is 0 Å². The third-order valence-corrected chi connectivity index (χ3v) is 4.20. The summed E-state index contributed by atoms with van der Waals surface area (Å²) in [6.07, 6.45) is 5.75. The Labute approximate surface area is 95.3 Å². The van der Waals surface area contributed by atoms with Gasteiger partial charge in [0, 0.05) is 24.2 Å². The molecule has 0 bridgehead atoms. The highest BCUT2D eigenvalue weighted by Crippen LogP contribution is 2.28. The van der Waals surface area contributed by atoms with Gasteiger partial charge in [0.15, 0.2) is 0 Å². The topological polar surface area (TPSA) is 42.2 Å². The van der Waals surface area contributed by atoms with E-state index in [9.17, 15) is 0 Å². The Bertz CT molecular complexity index is 286. The van der Waals surface area contributed by atoms with Crippen molar-refractivity contribution in [2.24, 2.45) is 5.73 Å². The fraction of sp³-hybridized carbons (Fsp3) is 0.727. The number of likely N-dealkylation sites (tertiary alicyclic amines) is 1. The molecule has 3 nitrogen and oxygen atoms in total. The van der Waals surface area contributed by atoms with Gasteiger partial charge >= 0.3 is 0 Å². The molecule has 0 aliphatic carbocycles. The molecule has 4 heteroatoms. The lowest BCUT2D eigenvalue weighted by Crippen LogP contribution is -2.45. The maximum Gasteiger partial charge on any atom is 0.109 e. The van der Waals surface area contributed by atoms with Crippen molar-refractivity contribution in [1.29, 1.82) is 0 Å². The molecule has 2 N–H and O–H groups in total. The minimum Gasteiger partial charge on any atom is -0.329 e. The van der Waals surface area contributed by atoms with E-state index < -0.39 is 0 Å². The average molecular weight is 225 g/mol. The minimum absolute atomic E-state index is 0.429. The van der Waals surface area contributed by atoms with Gasteiger partial charge in [0.2, 0.25) is 0 Å². The summed E-state index contributed by atoms with van der Waals surface area (Å²) in [5.74, 6) is 0. The molecule has 1 aliphatic heterocycles. The van der Waals surface area contributed by atoms with Crippen molar-refractivity contribution in [3.63, 3.8) is 0 Å². The zero-order valence-corrected chi connectivity index (χ0v) is 10.0. The normalized spacial score (nSPS) is 25.3. The van der Waals surface area contributed by atoms with Gasteiger partial charge in [-0.3, -0.25) is 4.90 Å². The van der Waals surface area contributed by atoms with E-state index in [4.69, 9.17) is 5.73 Å². The van der Waals surface area contributed by atoms with Crippen molar-refractivity contribution in [2.75, 3.05) is 13.1 Å². The molecule has 84 valence electrons. The summed E-state index contributed by atoms with van der Waals surface area (Å²) in [6.45, 7) is 4.19. The van der Waals surface area contributed by atoms with E-state index in [2.05, 4.69) is 16.8 Å². The smallest absolute Gasteiger partial charge is 0.109 e. The van der Waals surface area contributed by atoms with Gasteiger partial charge < -0.3 is 5.73 Å². The van der Waals surface area contributed by atoms with Crippen molar-refractivity contribution in [3.05, 3.63) is 16.6 Å². The quantitative estimate of drug-likeness (QED) is 0.855.